The topological polar surface area (TPSA) is 55.1 Å². The van der Waals surface area contributed by atoms with Crippen molar-refractivity contribution in [2.24, 2.45) is 5.73 Å². The third-order valence-corrected chi connectivity index (χ3v) is 4.47. The zero-order valence-electron chi connectivity index (χ0n) is 9.30. The second kappa shape index (κ2) is 5.08. The number of anilines is 1. The van der Waals surface area contributed by atoms with E-state index in [4.69, 9.17) is 5.73 Å². The number of para-hydroxylation sites is 1. The van der Waals surface area contributed by atoms with Gasteiger partial charge in [-0.1, -0.05) is 18.9 Å². The first kappa shape index (κ1) is 13.1. The SMILES string of the molecule is NC1(C(=O)Nc2c(Br)cccc2Br)CCCC1. The molecule has 0 spiro atoms. The van der Waals surface area contributed by atoms with Crippen LogP contribution in [0.2, 0.25) is 0 Å². The molecule has 1 amide bonds. The van der Waals surface area contributed by atoms with Gasteiger partial charge in [-0.2, -0.15) is 0 Å². The summed E-state index contributed by atoms with van der Waals surface area (Å²) in [5, 5.41) is 2.90. The van der Waals surface area contributed by atoms with Gasteiger partial charge in [0.2, 0.25) is 5.91 Å². The molecular formula is C12H14Br2N2O. The molecule has 1 saturated carbocycles. The highest BCUT2D eigenvalue weighted by Gasteiger charge is 2.37. The average molecular weight is 362 g/mol. The van der Waals surface area contributed by atoms with Crippen LogP contribution in [0, 0.1) is 0 Å². The van der Waals surface area contributed by atoms with Crippen molar-refractivity contribution < 1.29 is 4.79 Å². The van der Waals surface area contributed by atoms with Crippen LogP contribution in [0.5, 0.6) is 0 Å². The van der Waals surface area contributed by atoms with Crippen LogP contribution in [-0.2, 0) is 4.79 Å². The first-order valence-corrected chi connectivity index (χ1v) is 7.16. The highest BCUT2D eigenvalue weighted by atomic mass is 79.9. The second-order valence-electron chi connectivity index (χ2n) is 4.41. The molecule has 1 aliphatic rings. The summed E-state index contributed by atoms with van der Waals surface area (Å²) >= 11 is 6.83. The number of benzene rings is 1. The van der Waals surface area contributed by atoms with Crippen LogP contribution in [0.25, 0.3) is 0 Å². The molecule has 0 aliphatic heterocycles. The quantitative estimate of drug-likeness (QED) is 0.847. The van der Waals surface area contributed by atoms with Crippen molar-refractivity contribution in [3.63, 3.8) is 0 Å². The van der Waals surface area contributed by atoms with Crippen molar-refractivity contribution in [3.05, 3.63) is 27.1 Å². The zero-order chi connectivity index (χ0) is 12.5. The van der Waals surface area contributed by atoms with E-state index in [2.05, 4.69) is 37.2 Å². The zero-order valence-corrected chi connectivity index (χ0v) is 12.5. The van der Waals surface area contributed by atoms with Crippen molar-refractivity contribution in [3.8, 4) is 0 Å². The lowest BCUT2D eigenvalue weighted by Crippen LogP contribution is -2.48. The minimum Gasteiger partial charge on any atom is -0.323 e. The van der Waals surface area contributed by atoms with E-state index in [1.54, 1.807) is 0 Å². The van der Waals surface area contributed by atoms with Crippen molar-refractivity contribution in [1.29, 1.82) is 0 Å². The van der Waals surface area contributed by atoms with Crippen molar-refractivity contribution in [2.45, 2.75) is 31.2 Å². The molecule has 0 aromatic heterocycles. The van der Waals surface area contributed by atoms with Crippen molar-refractivity contribution in [1.82, 2.24) is 0 Å². The monoisotopic (exact) mass is 360 g/mol. The van der Waals surface area contributed by atoms with Gasteiger partial charge in [-0.15, -0.1) is 0 Å². The Labute approximate surface area is 117 Å². The molecule has 0 radical (unpaired) electrons. The molecule has 1 aliphatic carbocycles. The van der Waals surface area contributed by atoms with E-state index < -0.39 is 5.54 Å². The summed E-state index contributed by atoms with van der Waals surface area (Å²) in [6.45, 7) is 0. The van der Waals surface area contributed by atoms with E-state index in [0.29, 0.717) is 0 Å². The molecule has 1 aromatic rings. The van der Waals surface area contributed by atoms with E-state index in [9.17, 15) is 4.79 Å². The van der Waals surface area contributed by atoms with Gasteiger partial charge in [0.15, 0.2) is 0 Å². The Morgan fingerprint density at radius 3 is 2.29 bits per heavy atom. The number of carbonyl (C=O) groups excluding carboxylic acids is 1. The third kappa shape index (κ3) is 2.72. The minimum absolute atomic E-state index is 0.0948. The molecule has 3 N–H and O–H groups in total. The molecule has 92 valence electrons. The van der Waals surface area contributed by atoms with E-state index in [1.165, 1.54) is 0 Å². The Bertz CT molecular complexity index is 422. The summed E-state index contributed by atoms with van der Waals surface area (Å²) in [5.74, 6) is -0.0948. The lowest BCUT2D eigenvalue weighted by atomic mass is 9.98. The normalized spacial score (nSPS) is 18.1. The summed E-state index contributed by atoms with van der Waals surface area (Å²) < 4.78 is 1.70. The van der Waals surface area contributed by atoms with Gasteiger partial charge < -0.3 is 11.1 Å². The number of hydrogen-bond donors (Lipinski definition) is 2. The fraction of sp³-hybridized carbons (Fsp3) is 0.417. The van der Waals surface area contributed by atoms with Gasteiger partial charge in [0.05, 0.1) is 11.2 Å². The molecule has 2 rings (SSSR count). The molecule has 5 heteroatoms. The van der Waals surface area contributed by atoms with Crippen LogP contribution < -0.4 is 11.1 Å². The van der Waals surface area contributed by atoms with E-state index in [0.717, 1.165) is 40.3 Å². The summed E-state index contributed by atoms with van der Waals surface area (Å²) in [5.41, 5.74) is 6.15. The Morgan fingerprint density at radius 1 is 1.24 bits per heavy atom. The van der Waals surface area contributed by atoms with Gasteiger partial charge in [0.1, 0.15) is 0 Å². The smallest absolute Gasteiger partial charge is 0.244 e. The Hall–Kier alpha value is -0.390. The van der Waals surface area contributed by atoms with Gasteiger partial charge >= 0.3 is 0 Å². The van der Waals surface area contributed by atoms with E-state index in [-0.39, 0.29) is 5.91 Å². The van der Waals surface area contributed by atoms with Gasteiger partial charge in [0.25, 0.3) is 0 Å². The lowest BCUT2D eigenvalue weighted by Gasteiger charge is -2.23. The highest BCUT2D eigenvalue weighted by Crippen LogP contribution is 2.33. The lowest BCUT2D eigenvalue weighted by molar-refractivity contribution is -0.121. The van der Waals surface area contributed by atoms with Crippen LogP contribution in [0.3, 0.4) is 0 Å². The number of nitrogens with two attached hydrogens (primary N) is 1. The Morgan fingerprint density at radius 2 is 1.76 bits per heavy atom. The molecule has 0 atom stereocenters. The van der Waals surface area contributed by atoms with Crippen molar-refractivity contribution >= 4 is 43.5 Å². The Balaban J connectivity index is 2.18. The first-order valence-electron chi connectivity index (χ1n) is 5.57. The number of halogens is 2. The molecule has 1 aromatic carbocycles. The van der Waals surface area contributed by atoms with Gasteiger partial charge in [-0.25, -0.2) is 0 Å². The van der Waals surface area contributed by atoms with Crippen LogP contribution in [0.1, 0.15) is 25.7 Å². The number of hydrogen-bond acceptors (Lipinski definition) is 2. The fourth-order valence-electron chi connectivity index (χ4n) is 2.09. The molecule has 1 fully saturated rings. The van der Waals surface area contributed by atoms with E-state index in [1.807, 2.05) is 18.2 Å². The summed E-state index contributed by atoms with van der Waals surface area (Å²) in [6, 6.07) is 5.67. The number of rotatable bonds is 2. The number of nitrogens with one attached hydrogen (secondary N) is 1. The standard InChI is InChI=1S/C12H14Br2N2O/c13-8-4-3-5-9(14)10(8)16-11(17)12(15)6-1-2-7-12/h3-5H,1-2,6-7,15H2,(H,16,17). The van der Waals surface area contributed by atoms with Gasteiger partial charge in [-0.05, 0) is 56.8 Å². The molecule has 0 unspecified atom stereocenters. The Kier molecular flexibility index (Phi) is 3.90. The highest BCUT2D eigenvalue weighted by molar-refractivity contribution is 9.11. The largest absolute Gasteiger partial charge is 0.323 e. The molecule has 0 heterocycles. The maximum Gasteiger partial charge on any atom is 0.244 e. The van der Waals surface area contributed by atoms with Crippen molar-refractivity contribution in [2.75, 3.05) is 5.32 Å². The third-order valence-electron chi connectivity index (χ3n) is 3.15. The van der Waals surface area contributed by atoms with E-state index >= 15 is 0 Å². The molecule has 0 bridgehead atoms. The minimum atomic E-state index is -0.700. The second-order valence-corrected chi connectivity index (χ2v) is 6.12. The summed E-state index contributed by atoms with van der Waals surface area (Å²) in [6.07, 6.45) is 3.59. The number of amides is 1. The van der Waals surface area contributed by atoms with Gasteiger partial charge in [0, 0.05) is 8.95 Å². The van der Waals surface area contributed by atoms with Crippen LogP contribution in [0.15, 0.2) is 27.1 Å². The summed E-state index contributed by atoms with van der Waals surface area (Å²) in [4.78, 5) is 12.2. The first-order chi connectivity index (χ1) is 8.03. The fourth-order valence-corrected chi connectivity index (χ4v) is 3.28. The molecule has 17 heavy (non-hydrogen) atoms. The summed E-state index contributed by atoms with van der Waals surface area (Å²) in [7, 11) is 0. The number of carbonyl (C=O) groups is 1. The average Bonchev–Trinajstić information content (AvgIpc) is 2.72. The maximum absolute atomic E-state index is 12.2. The van der Waals surface area contributed by atoms with Crippen LogP contribution in [0.4, 0.5) is 5.69 Å². The predicted molar refractivity (Wildman–Crippen MR) is 75.9 cm³/mol. The molecule has 0 saturated heterocycles. The molecular weight excluding hydrogens is 348 g/mol. The maximum atomic E-state index is 12.2. The predicted octanol–water partition coefficient (Wildman–Crippen LogP) is 3.42. The van der Waals surface area contributed by atoms with Gasteiger partial charge in [-0.3, -0.25) is 4.79 Å². The van der Waals surface area contributed by atoms with Crippen LogP contribution in [-0.4, -0.2) is 11.4 Å². The van der Waals surface area contributed by atoms with Crippen LogP contribution >= 0.6 is 31.9 Å². The molecule has 3 nitrogen and oxygen atoms in total.